The number of benzene rings is 2. The van der Waals surface area contributed by atoms with Crippen LogP contribution in [0.2, 0.25) is 0 Å². The summed E-state index contributed by atoms with van der Waals surface area (Å²) in [4.78, 5) is 21.0. The molecular weight excluding hydrogens is 354 g/mol. The first-order chi connectivity index (χ1) is 13.7. The highest BCUT2D eigenvalue weighted by Crippen LogP contribution is 2.24. The molecule has 0 unspecified atom stereocenters. The number of carbonyl (C=O) groups excluding carboxylic acids is 1. The Bertz CT molecular complexity index is 926. The molecule has 0 saturated heterocycles. The summed E-state index contributed by atoms with van der Waals surface area (Å²) in [6.07, 6.45) is 3.63. The second-order valence-corrected chi connectivity index (χ2v) is 6.19. The summed E-state index contributed by atoms with van der Waals surface area (Å²) >= 11 is 0. The zero-order valence-electron chi connectivity index (χ0n) is 16.0. The molecule has 0 saturated carbocycles. The fourth-order valence-corrected chi connectivity index (χ4v) is 2.58. The lowest BCUT2D eigenvalue weighted by molar-refractivity contribution is 0.0953. The summed E-state index contributed by atoms with van der Waals surface area (Å²) in [5, 5.41) is 2.92. The summed E-state index contributed by atoms with van der Waals surface area (Å²) < 4.78 is 10.9. The van der Waals surface area contributed by atoms with E-state index >= 15 is 0 Å². The molecular formula is C22H23N3O3. The standard InChI is InChI=1S/C22H23N3O3/c1-3-4-13-24-22(26)17-7-5-6-16(15-17)21-23-14-12-20(25-21)28-19-10-8-18(27-2)9-11-19/h5-12,14-15H,3-4,13H2,1-2H3,(H,24,26). The normalized spacial score (nSPS) is 10.4. The van der Waals surface area contributed by atoms with Crippen molar-refractivity contribution in [2.45, 2.75) is 19.8 Å². The molecule has 3 rings (SSSR count). The minimum atomic E-state index is -0.0964. The molecule has 6 nitrogen and oxygen atoms in total. The van der Waals surface area contributed by atoms with Gasteiger partial charge in [0.25, 0.3) is 5.91 Å². The number of nitrogens with one attached hydrogen (secondary N) is 1. The topological polar surface area (TPSA) is 73.3 Å². The van der Waals surface area contributed by atoms with Gasteiger partial charge < -0.3 is 14.8 Å². The number of carbonyl (C=O) groups is 1. The lowest BCUT2D eigenvalue weighted by Crippen LogP contribution is -2.24. The van der Waals surface area contributed by atoms with Crippen LogP contribution in [0.4, 0.5) is 0 Å². The Kier molecular flexibility index (Phi) is 6.57. The highest BCUT2D eigenvalue weighted by molar-refractivity contribution is 5.95. The van der Waals surface area contributed by atoms with Crippen molar-refractivity contribution in [1.29, 1.82) is 0 Å². The number of hydrogen-bond acceptors (Lipinski definition) is 5. The zero-order chi connectivity index (χ0) is 19.8. The number of rotatable bonds is 8. The average Bonchev–Trinajstić information content (AvgIpc) is 2.75. The summed E-state index contributed by atoms with van der Waals surface area (Å²) in [7, 11) is 1.62. The molecule has 0 fully saturated rings. The Morgan fingerprint density at radius 1 is 1.07 bits per heavy atom. The quantitative estimate of drug-likeness (QED) is 0.586. The van der Waals surface area contributed by atoms with Gasteiger partial charge in [-0.15, -0.1) is 0 Å². The Morgan fingerprint density at radius 3 is 2.61 bits per heavy atom. The highest BCUT2D eigenvalue weighted by atomic mass is 16.5. The second-order valence-electron chi connectivity index (χ2n) is 6.19. The predicted octanol–water partition coefficient (Wildman–Crippen LogP) is 4.47. The van der Waals surface area contributed by atoms with Gasteiger partial charge in [0, 0.05) is 29.9 Å². The highest BCUT2D eigenvalue weighted by Gasteiger charge is 2.09. The molecule has 2 aromatic carbocycles. The maximum atomic E-state index is 12.3. The van der Waals surface area contributed by atoms with Gasteiger partial charge in [-0.1, -0.05) is 25.5 Å². The third kappa shape index (κ3) is 5.07. The van der Waals surface area contributed by atoms with Crippen LogP contribution >= 0.6 is 0 Å². The van der Waals surface area contributed by atoms with Gasteiger partial charge in [-0.3, -0.25) is 4.79 Å². The molecule has 0 spiro atoms. The van der Waals surface area contributed by atoms with Crippen LogP contribution in [0.25, 0.3) is 11.4 Å². The fourth-order valence-electron chi connectivity index (χ4n) is 2.58. The molecule has 3 aromatic rings. The van der Waals surface area contributed by atoms with Crippen LogP contribution in [0, 0.1) is 0 Å². The number of nitrogens with zero attached hydrogens (tertiary/aromatic N) is 2. The largest absolute Gasteiger partial charge is 0.497 e. The molecule has 0 aliphatic carbocycles. The van der Waals surface area contributed by atoms with Crippen molar-refractivity contribution in [2.24, 2.45) is 0 Å². The van der Waals surface area contributed by atoms with E-state index in [0.717, 1.165) is 24.2 Å². The van der Waals surface area contributed by atoms with Crippen molar-refractivity contribution >= 4 is 5.91 Å². The SMILES string of the molecule is CCCCNC(=O)c1cccc(-c2nccc(Oc3ccc(OC)cc3)n2)c1. The fraction of sp³-hybridized carbons (Fsp3) is 0.227. The van der Waals surface area contributed by atoms with Crippen LogP contribution in [0.15, 0.2) is 60.8 Å². The third-order valence-electron chi connectivity index (χ3n) is 4.11. The number of aromatic nitrogens is 2. The van der Waals surface area contributed by atoms with Gasteiger partial charge in [-0.25, -0.2) is 4.98 Å². The lowest BCUT2D eigenvalue weighted by atomic mass is 10.1. The molecule has 1 aromatic heterocycles. The maximum Gasteiger partial charge on any atom is 0.251 e. The van der Waals surface area contributed by atoms with E-state index in [1.54, 1.807) is 31.5 Å². The summed E-state index contributed by atoms with van der Waals surface area (Å²) in [5.41, 5.74) is 1.34. The molecule has 6 heteroatoms. The second kappa shape index (κ2) is 9.50. The molecule has 144 valence electrons. The Labute approximate surface area is 164 Å². The smallest absolute Gasteiger partial charge is 0.251 e. The molecule has 1 heterocycles. The molecule has 0 bridgehead atoms. The minimum absolute atomic E-state index is 0.0964. The summed E-state index contributed by atoms with van der Waals surface area (Å²) in [6, 6.07) is 16.2. The first-order valence-electron chi connectivity index (χ1n) is 9.23. The van der Waals surface area contributed by atoms with Gasteiger partial charge in [0.15, 0.2) is 5.82 Å². The molecule has 0 atom stereocenters. The van der Waals surface area contributed by atoms with Crippen molar-refractivity contribution < 1.29 is 14.3 Å². The summed E-state index contributed by atoms with van der Waals surface area (Å²) in [5.74, 6) is 2.22. The van der Waals surface area contributed by atoms with Crippen LogP contribution in [0.3, 0.4) is 0 Å². The Morgan fingerprint density at radius 2 is 1.86 bits per heavy atom. The average molecular weight is 377 g/mol. The van der Waals surface area contributed by atoms with Gasteiger partial charge in [-0.05, 0) is 42.8 Å². The van der Waals surface area contributed by atoms with Crippen LogP contribution in [-0.4, -0.2) is 29.5 Å². The van der Waals surface area contributed by atoms with Crippen molar-refractivity contribution in [3.05, 3.63) is 66.4 Å². The number of unbranched alkanes of at least 4 members (excludes halogenated alkanes) is 1. The van der Waals surface area contributed by atoms with E-state index in [2.05, 4.69) is 22.2 Å². The number of hydrogen-bond donors (Lipinski definition) is 1. The van der Waals surface area contributed by atoms with Crippen LogP contribution in [0.5, 0.6) is 17.4 Å². The van der Waals surface area contributed by atoms with Gasteiger partial charge >= 0.3 is 0 Å². The predicted molar refractivity (Wildman–Crippen MR) is 108 cm³/mol. The van der Waals surface area contributed by atoms with E-state index in [1.807, 2.05) is 36.4 Å². The third-order valence-corrected chi connectivity index (χ3v) is 4.11. The molecule has 0 aliphatic rings. The Balaban J connectivity index is 1.75. The molecule has 0 aliphatic heterocycles. The molecule has 1 amide bonds. The number of amides is 1. The van der Waals surface area contributed by atoms with Crippen molar-refractivity contribution in [3.8, 4) is 28.8 Å². The van der Waals surface area contributed by atoms with Crippen molar-refractivity contribution in [1.82, 2.24) is 15.3 Å². The van der Waals surface area contributed by atoms with Crippen LogP contribution < -0.4 is 14.8 Å². The van der Waals surface area contributed by atoms with E-state index in [4.69, 9.17) is 9.47 Å². The Hall–Kier alpha value is -3.41. The lowest BCUT2D eigenvalue weighted by Gasteiger charge is -2.08. The van der Waals surface area contributed by atoms with Crippen LogP contribution in [-0.2, 0) is 0 Å². The van der Waals surface area contributed by atoms with E-state index in [-0.39, 0.29) is 5.91 Å². The first kappa shape index (κ1) is 19.4. The van der Waals surface area contributed by atoms with Crippen molar-refractivity contribution in [2.75, 3.05) is 13.7 Å². The van der Waals surface area contributed by atoms with Gasteiger partial charge in [-0.2, -0.15) is 4.98 Å². The maximum absolute atomic E-state index is 12.3. The first-order valence-corrected chi connectivity index (χ1v) is 9.23. The summed E-state index contributed by atoms with van der Waals surface area (Å²) in [6.45, 7) is 2.76. The molecule has 28 heavy (non-hydrogen) atoms. The number of ether oxygens (including phenoxy) is 2. The van der Waals surface area contributed by atoms with E-state index in [1.165, 1.54) is 0 Å². The van der Waals surface area contributed by atoms with Gasteiger partial charge in [0.05, 0.1) is 7.11 Å². The zero-order valence-corrected chi connectivity index (χ0v) is 16.0. The van der Waals surface area contributed by atoms with Gasteiger partial charge in [0.1, 0.15) is 11.5 Å². The van der Waals surface area contributed by atoms with Gasteiger partial charge in [0.2, 0.25) is 5.88 Å². The van der Waals surface area contributed by atoms with E-state index in [9.17, 15) is 4.79 Å². The van der Waals surface area contributed by atoms with Crippen LogP contribution in [0.1, 0.15) is 30.1 Å². The van der Waals surface area contributed by atoms with E-state index < -0.39 is 0 Å². The molecule has 0 radical (unpaired) electrons. The number of methoxy groups -OCH3 is 1. The minimum Gasteiger partial charge on any atom is -0.497 e. The van der Waals surface area contributed by atoms with Crippen molar-refractivity contribution in [3.63, 3.8) is 0 Å². The van der Waals surface area contributed by atoms with E-state index in [0.29, 0.717) is 29.6 Å². The monoisotopic (exact) mass is 377 g/mol. The molecule has 1 N–H and O–H groups in total.